The van der Waals surface area contributed by atoms with E-state index in [9.17, 15) is 22.8 Å². The zero-order valence-corrected chi connectivity index (χ0v) is 12.8. The fraction of sp³-hybridized carbons (Fsp3) is 0.231. The summed E-state index contributed by atoms with van der Waals surface area (Å²) < 4.78 is 40.9. The number of ether oxygens (including phenoxy) is 1. The minimum Gasteiger partial charge on any atom is -0.386 e. The van der Waals surface area contributed by atoms with E-state index in [1.807, 2.05) is 0 Å². The smallest absolute Gasteiger partial charge is 0.386 e. The van der Waals surface area contributed by atoms with E-state index in [1.165, 1.54) is 10.9 Å². The second-order valence-corrected chi connectivity index (χ2v) is 5.22. The number of esters is 2. The summed E-state index contributed by atoms with van der Waals surface area (Å²) in [5.41, 5.74) is 0.687. The third-order valence-corrected chi connectivity index (χ3v) is 3.36. The molecular weight excluding hydrogens is 349 g/mol. The summed E-state index contributed by atoms with van der Waals surface area (Å²) in [6.45, 7) is 0. The van der Waals surface area contributed by atoms with Crippen molar-refractivity contribution in [2.75, 3.05) is 5.75 Å². The molecule has 0 aliphatic heterocycles. The van der Waals surface area contributed by atoms with Crippen molar-refractivity contribution in [2.24, 2.45) is 0 Å². The van der Waals surface area contributed by atoms with Crippen molar-refractivity contribution in [3.05, 3.63) is 36.9 Å². The van der Waals surface area contributed by atoms with Gasteiger partial charge in [0.2, 0.25) is 5.88 Å². The van der Waals surface area contributed by atoms with Gasteiger partial charge in [0.25, 0.3) is 0 Å². The first-order valence-corrected chi connectivity index (χ1v) is 7.54. The molecule has 126 valence electrons. The maximum absolute atomic E-state index is 11.9. The predicted molar refractivity (Wildman–Crippen MR) is 75.1 cm³/mol. The van der Waals surface area contributed by atoms with Crippen LogP contribution in [0.15, 0.2) is 36.9 Å². The average Bonchev–Trinajstić information content (AvgIpc) is 2.55. The molecule has 0 saturated carbocycles. The Morgan fingerprint density at radius 1 is 1.25 bits per heavy atom. The number of thioether (sulfide) groups is 1. The van der Waals surface area contributed by atoms with Crippen LogP contribution in [-0.4, -0.2) is 38.9 Å². The Morgan fingerprint density at radius 3 is 2.54 bits per heavy atom. The summed E-state index contributed by atoms with van der Waals surface area (Å²) in [5, 5.41) is 4.07. The van der Waals surface area contributed by atoms with E-state index >= 15 is 0 Å². The normalized spacial score (nSPS) is 11.1. The summed E-state index contributed by atoms with van der Waals surface area (Å²) in [4.78, 5) is 29.7. The lowest BCUT2D eigenvalue weighted by atomic mass is 10.3. The molecule has 24 heavy (non-hydrogen) atoms. The molecule has 0 aliphatic carbocycles. The van der Waals surface area contributed by atoms with E-state index in [4.69, 9.17) is 0 Å². The van der Waals surface area contributed by atoms with Gasteiger partial charge in [-0.05, 0) is 11.2 Å². The molecule has 11 heteroatoms. The van der Waals surface area contributed by atoms with Crippen LogP contribution in [0.2, 0.25) is 0 Å². The zero-order valence-electron chi connectivity index (χ0n) is 11.9. The molecule has 0 spiro atoms. The standard InChI is InChI=1S/C13H10F3N4O3S/c14-13(15,16)12(22)23-10(21)7-24-8-20-5-2-9(6-19-20)11-17-3-1-4-18-11/h1-6H,7-8H2/q+1. The van der Waals surface area contributed by atoms with Crippen molar-refractivity contribution in [1.82, 2.24) is 15.1 Å². The van der Waals surface area contributed by atoms with E-state index < -0.39 is 23.9 Å². The number of nitrogens with zero attached hydrogens (tertiary/aromatic N) is 4. The lowest BCUT2D eigenvalue weighted by molar-refractivity contribution is -0.734. The largest absolute Gasteiger partial charge is 0.491 e. The molecule has 0 fully saturated rings. The Bertz CT molecular complexity index is 711. The van der Waals surface area contributed by atoms with Gasteiger partial charge in [-0.1, -0.05) is 16.4 Å². The van der Waals surface area contributed by atoms with E-state index in [1.54, 1.807) is 30.7 Å². The number of halogens is 3. The lowest BCUT2D eigenvalue weighted by Gasteiger charge is -2.04. The molecule has 0 bridgehead atoms. The molecule has 2 aromatic rings. The first-order valence-electron chi connectivity index (χ1n) is 6.39. The first kappa shape index (κ1) is 17.8. The van der Waals surface area contributed by atoms with Gasteiger partial charge >= 0.3 is 18.1 Å². The van der Waals surface area contributed by atoms with Crippen molar-refractivity contribution >= 4 is 23.7 Å². The van der Waals surface area contributed by atoms with Crippen LogP contribution in [0.5, 0.6) is 0 Å². The molecule has 0 aromatic carbocycles. The van der Waals surface area contributed by atoms with Crippen LogP contribution in [-0.2, 0) is 20.2 Å². The highest BCUT2D eigenvalue weighted by Crippen LogP contribution is 2.17. The highest BCUT2D eigenvalue weighted by molar-refractivity contribution is 7.98. The van der Waals surface area contributed by atoms with Gasteiger partial charge in [-0.3, -0.25) is 4.79 Å². The molecule has 0 N–H and O–H groups in total. The monoisotopic (exact) mass is 359 g/mol. The van der Waals surface area contributed by atoms with Crippen molar-refractivity contribution in [3.8, 4) is 11.4 Å². The number of carbonyl (C=O) groups excluding carboxylic acids is 2. The van der Waals surface area contributed by atoms with Gasteiger partial charge in [0.15, 0.2) is 12.0 Å². The number of hydrogen-bond donors (Lipinski definition) is 0. The lowest BCUT2D eigenvalue weighted by Crippen LogP contribution is -2.36. The van der Waals surface area contributed by atoms with Gasteiger partial charge in [-0.2, -0.15) is 13.2 Å². The topological polar surface area (TPSA) is 85.9 Å². The van der Waals surface area contributed by atoms with Crippen molar-refractivity contribution in [3.63, 3.8) is 0 Å². The SMILES string of the molecule is O=C(CSC[n+]1ccc(-c2ncccn2)cn1)OC(=O)C(F)(F)F. The molecule has 2 heterocycles. The Morgan fingerprint density at radius 2 is 1.96 bits per heavy atom. The summed E-state index contributed by atoms with van der Waals surface area (Å²) in [5.74, 6) is -3.52. The quantitative estimate of drug-likeness (QED) is 0.450. The van der Waals surface area contributed by atoms with Gasteiger partial charge in [0.1, 0.15) is 6.20 Å². The van der Waals surface area contributed by atoms with Crippen LogP contribution in [0, 0.1) is 0 Å². The van der Waals surface area contributed by atoms with Crippen LogP contribution in [0.25, 0.3) is 11.4 Å². The fourth-order valence-electron chi connectivity index (χ4n) is 1.45. The Hall–Kier alpha value is -2.56. The molecule has 7 nitrogen and oxygen atoms in total. The van der Waals surface area contributed by atoms with Crippen LogP contribution >= 0.6 is 11.8 Å². The van der Waals surface area contributed by atoms with Gasteiger partial charge < -0.3 is 4.74 Å². The van der Waals surface area contributed by atoms with Crippen molar-refractivity contribution < 1.29 is 32.2 Å². The summed E-state index contributed by atoms with van der Waals surface area (Å²) >= 11 is 0.944. The van der Waals surface area contributed by atoms with Crippen LogP contribution in [0.3, 0.4) is 0 Å². The van der Waals surface area contributed by atoms with Crippen LogP contribution < -0.4 is 4.68 Å². The summed E-state index contributed by atoms with van der Waals surface area (Å²) in [6, 6.07) is 3.38. The second-order valence-electron chi connectivity index (χ2n) is 4.26. The van der Waals surface area contributed by atoms with E-state index in [-0.39, 0.29) is 5.88 Å². The number of carbonyl (C=O) groups is 2. The minimum absolute atomic E-state index is 0.186. The number of alkyl halides is 3. The van der Waals surface area contributed by atoms with E-state index in [0.717, 1.165) is 11.8 Å². The molecule has 0 atom stereocenters. The Kier molecular flexibility index (Phi) is 5.79. The summed E-state index contributed by atoms with van der Waals surface area (Å²) in [7, 11) is 0. The third kappa shape index (κ3) is 5.26. The second kappa shape index (κ2) is 7.81. The van der Waals surface area contributed by atoms with Gasteiger partial charge in [0, 0.05) is 24.0 Å². The third-order valence-electron chi connectivity index (χ3n) is 2.48. The molecule has 0 unspecified atom stereocenters. The zero-order chi connectivity index (χ0) is 17.6. The molecule has 2 aromatic heterocycles. The first-order chi connectivity index (χ1) is 11.4. The molecule has 0 radical (unpaired) electrons. The van der Waals surface area contributed by atoms with Gasteiger partial charge in [-0.15, -0.1) is 0 Å². The van der Waals surface area contributed by atoms with E-state index in [2.05, 4.69) is 19.8 Å². The maximum atomic E-state index is 11.9. The Labute approximate surface area is 137 Å². The molecular formula is C13H10F3N4O3S+. The van der Waals surface area contributed by atoms with Gasteiger partial charge in [-0.25, -0.2) is 14.8 Å². The minimum atomic E-state index is -5.19. The number of hydrogen-bond acceptors (Lipinski definition) is 7. The van der Waals surface area contributed by atoms with Crippen LogP contribution in [0.4, 0.5) is 13.2 Å². The molecule has 0 saturated heterocycles. The number of aromatic nitrogens is 4. The average molecular weight is 359 g/mol. The van der Waals surface area contributed by atoms with Crippen molar-refractivity contribution in [2.45, 2.75) is 12.1 Å². The highest BCUT2D eigenvalue weighted by Gasteiger charge is 2.42. The molecule has 0 aliphatic rings. The Balaban J connectivity index is 1.81. The van der Waals surface area contributed by atoms with Crippen molar-refractivity contribution in [1.29, 1.82) is 0 Å². The number of rotatable bonds is 5. The maximum Gasteiger partial charge on any atom is 0.491 e. The predicted octanol–water partition coefficient (Wildman–Crippen LogP) is 1.15. The van der Waals surface area contributed by atoms with E-state index in [0.29, 0.717) is 11.4 Å². The highest BCUT2D eigenvalue weighted by atomic mass is 32.2. The van der Waals surface area contributed by atoms with Gasteiger partial charge in [0.05, 0.1) is 5.75 Å². The van der Waals surface area contributed by atoms with Crippen LogP contribution in [0.1, 0.15) is 0 Å². The molecule has 2 rings (SSSR count). The summed E-state index contributed by atoms with van der Waals surface area (Å²) in [6.07, 6.45) is 1.11. The fourth-order valence-corrected chi connectivity index (χ4v) is 2.11. The molecule has 0 amide bonds.